The topological polar surface area (TPSA) is 145 Å². The van der Waals surface area contributed by atoms with Gasteiger partial charge in [0.2, 0.25) is 0 Å². The molecule has 0 saturated carbocycles. The highest BCUT2D eigenvalue weighted by molar-refractivity contribution is 7.93. The Morgan fingerprint density at radius 1 is 1.38 bits per heavy atom. The number of ether oxygens (including phenoxy) is 1. The lowest BCUT2D eigenvalue weighted by atomic mass is 9.94. The van der Waals surface area contributed by atoms with Gasteiger partial charge in [0.05, 0.1) is 23.4 Å². The lowest BCUT2D eigenvalue weighted by Gasteiger charge is -2.37. The van der Waals surface area contributed by atoms with E-state index >= 15 is 0 Å². The van der Waals surface area contributed by atoms with Gasteiger partial charge in [0.25, 0.3) is 5.69 Å². The smallest absolute Gasteiger partial charge is 0.269 e. The van der Waals surface area contributed by atoms with Crippen molar-refractivity contribution in [2.45, 2.75) is 49.1 Å². The highest BCUT2D eigenvalue weighted by atomic mass is 32.2. The first-order chi connectivity index (χ1) is 14.6. The molecule has 12 heteroatoms. The maximum absolute atomic E-state index is 14.9. The first-order valence-corrected chi connectivity index (χ1v) is 12.3. The largest absolute Gasteiger partial charge is 0.598 e. The molecule has 1 aromatic carbocycles. The van der Waals surface area contributed by atoms with Gasteiger partial charge in [-0.1, -0.05) is 6.08 Å². The number of nitriles is 1. The highest BCUT2D eigenvalue weighted by Crippen LogP contribution is 2.35. The van der Waals surface area contributed by atoms with Gasteiger partial charge in [-0.15, -0.1) is 11.3 Å². The quantitative estimate of drug-likeness (QED) is 0.216. The molecule has 1 rings (SSSR count). The van der Waals surface area contributed by atoms with Crippen molar-refractivity contribution in [1.82, 2.24) is 4.72 Å². The predicted molar refractivity (Wildman–Crippen MR) is 120 cm³/mol. The third kappa shape index (κ3) is 6.05. The summed E-state index contributed by atoms with van der Waals surface area (Å²) >= 11 is -1.89. The third-order valence-electron chi connectivity index (χ3n) is 4.76. The third-order valence-corrected chi connectivity index (χ3v) is 9.03. The molecule has 0 spiro atoms. The number of sulfone groups is 1. The van der Waals surface area contributed by atoms with E-state index in [9.17, 15) is 32.7 Å². The second-order valence-corrected chi connectivity index (χ2v) is 12.8. The SMILES string of the molecule is C=CCC(C#N)(COC)S(=O)(=O)CC(C)(N[S+]([O-])C(C)(C)C)c1cc([N+](=O)[O-])ccc1F. The van der Waals surface area contributed by atoms with Gasteiger partial charge in [-0.3, -0.25) is 10.1 Å². The molecular formula is C20H28FN3O6S2. The number of nitro groups is 1. The second kappa shape index (κ2) is 10.3. The van der Waals surface area contributed by atoms with Crippen LogP contribution in [0.4, 0.5) is 10.1 Å². The second-order valence-electron chi connectivity index (χ2n) is 8.53. The zero-order chi connectivity index (χ0) is 25.0. The van der Waals surface area contributed by atoms with E-state index in [1.54, 1.807) is 26.8 Å². The first kappa shape index (κ1) is 28.0. The minimum atomic E-state index is -4.40. The summed E-state index contributed by atoms with van der Waals surface area (Å²) in [6.07, 6.45) is 0.987. The van der Waals surface area contributed by atoms with Crippen molar-refractivity contribution in [2.75, 3.05) is 19.5 Å². The Labute approximate surface area is 191 Å². The maximum atomic E-state index is 14.9. The van der Waals surface area contributed by atoms with E-state index < -0.39 is 65.0 Å². The van der Waals surface area contributed by atoms with Crippen molar-refractivity contribution in [1.29, 1.82) is 5.26 Å². The molecule has 0 radical (unpaired) electrons. The van der Waals surface area contributed by atoms with Gasteiger partial charge < -0.3 is 9.29 Å². The Morgan fingerprint density at radius 2 is 1.97 bits per heavy atom. The maximum Gasteiger partial charge on any atom is 0.269 e. The molecule has 0 bridgehead atoms. The Morgan fingerprint density at radius 3 is 2.41 bits per heavy atom. The predicted octanol–water partition coefficient (Wildman–Crippen LogP) is 2.90. The van der Waals surface area contributed by atoms with Gasteiger partial charge in [0, 0.05) is 42.6 Å². The van der Waals surface area contributed by atoms with Crippen LogP contribution in [0, 0.1) is 27.3 Å². The minimum Gasteiger partial charge on any atom is -0.598 e. The van der Waals surface area contributed by atoms with Crippen molar-refractivity contribution >= 4 is 26.9 Å². The number of nitrogens with zero attached hydrogens (tertiary/aromatic N) is 2. The van der Waals surface area contributed by atoms with Gasteiger partial charge in [0.1, 0.15) is 16.1 Å². The number of hydrogen-bond acceptors (Lipinski definition) is 8. The van der Waals surface area contributed by atoms with Crippen molar-refractivity contribution in [3.05, 3.63) is 52.3 Å². The van der Waals surface area contributed by atoms with E-state index in [1.807, 2.05) is 0 Å². The van der Waals surface area contributed by atoms with Crippen molar-refractivity contribution in [2.24, 2.45) is 0 Å². The lowest BCUT2D eigenvalue weighted by molar-refractivity contribution is -0.385. The number of nitrogens with one attached hydrogen (secondary N) is 1. The first-order valence-electron chi connectivity index (χ1n) is 9.46. The fraction of sp³-hybridized carbons (Fsp3) is 0.550. The molecule has 0 fully saturated rings. The summed E-state index contributed by atoms with van der Waals surface area (Å²) in [5.74, 6) is -1.81. The summed E-state index contributed by atoms with van der Waals surface area (Å²) in [5, 5.41) is 21.0. The Kier molecular flexibility index (Phi) is 8.98. The fourth-order valence-corrected chi connectivity index (χ4v) is 6.04. The van der Waals surface area contributed by atoms with E-state index in [0.717, 1.165) is 18.2 Å². The Hall–Kier alpha value is -2.04. The van der Waals surface area contributed by atoms with Crippen LogP contribution in [0.15, 0.2) is 30.9 Å². The number of nitro benzene ring substituents is 1. The molecule has 0 amide bonds. The molecule has 1 aromatic rings. The van der Waals surface area contributed by atoms with Crippen LogP contribution in [0.3, 0.4) is 0 Å². The van der Waals surface area contributed by atoms with Crippen LogP contribution in [0.5, 0.6) is 0 Å². The van der Waals surface area contributed by atoms with Crippen LogP contribution in [0.1, 0.15) is 39.7 Å². The van der Waals surface area contributed by atoms with Crippen molar-refractivity contribution in [3.8, 4) is 6.07 Å². The molecule has 0 aliphatic heterocycles. The number of non-ortho nitro benzene ring substituents is 1. The van der Waals surface area contributed by atoms with Crippen LogP contribution in [0.2, 0.25) is 0 Å². The number of halogens is 1. The molecule has 0 saturated heterocycles. The van der Waals surface area contributed by atoms with E-state index in [-0.39, 0.29) is 12.0 Å². The van der Waals surface area contributed by atoms with Gasteiger partial charge in [0.15, 0.2) is 14.6 Å². The van der Waals surface area contributed by atoms with Crippen LogP contribution >= 0.6 is 0 Å². The molecule has 3 unspecified atom stereocenters. The zero-order valence-electron chi connectivity index (χ0n) is 18.7. The molecule has 32 heavy (non-hydrogen) atoms. The summed E-state index contributed by atoms with van der Waals surface area (Å²) in [7, 11) is -3.16. The van der Waals surface area contributed by atoms with E-state index in [0.29, 0.717) is 0 Å². The Bertz CT molecular complexity index is 1010. The average molecular weight is 490 g/mol. The van der Waals surface area contributed by atoms with Gasteiger partial charge in [-0.05, 0) is 33.8 Å². The summed E-state index contributed by atoms with van der Waals surface area (Å²) < 4.78 is 59.4. The molecule has 178 valence electrons. The van der Waals surface area contributed by atoms with Crippen LogP contribution in [-0.2, 0) is 31.5 Å². The monoisotopic (exact) mass is 489 g/mol. The number of allylic oxidation sites excluding steroid dienone is 1. The van der Waals surface area contributed by atoms with Crippen LogP contribution in [-0.4, -0.2) is 46.9 Å². The van der Waals surface area contributed by atoms with Gasteiger partial charge >= 0.3 is 0 Å². The average Bonchev–Trinajstić information content (AvgIpc) is 2.66. The van der Waals surface area contributed by atoms with Crippen molar-refractivity contribution in [3.63, 3.8) is 0 Å². The van der Waals surface area contributed by atoms with Crippen LogP contribution in [0.25, 0.3) is 0 Å². The standard InChI is InChI=1S/C20H28FN3O6S2/c1-7-10-20(12-22,13-30-6)32(28,29)14-19(5,23-31(27)18(2,3)4)16-11-15(24(25)26)8-9-17(16)21/h7-9,11,23H,1,10,13-14H2,2-6H3. The van der Waals surface area contributed by atoms with E-state index in [2.05, 4.69) is 11.3 Å². The fourth-order valence-electron chi connectivity index (χ4n) is 2.98. The number of rotatable bonds is 11. The summed E-state index contributed by atoms with van der Waals surface area (Å²) in [6.45, 7) is 9.16. The highest BCUT2D eigenvalue weighted by Gasteiger charge is 2.50. The zero-order valence-corrected chi connectivity index (χ0v) is 20.3. The van der Waals surface area contributed by atoms with Gasteiger partial charge in [-0.2, -0.15) is 5.26 Å². The number of hydrogen-bond donors (Lipinski definition) is 1. The molecule has 3 atom stereocenters. The molecule has 0 aromatic heterocycles. The molecule has 0 aliphatic carbocycles. The van der Waals surface area contributed by atoms with Crippen LogP contribution < -0.4 is 4.72 Å². The van der Waals surface area contributed by atoms with Gasteiger partial charge in [-0.25, -0.2) is 12.8 Å². The van der Waals surface area contributed by atoms with E-state index in [4.69, 9.17) is 4.74 Å². The molecule has 1 N–H and O–H groups in total. The summed E-state index contributed by atoms with van der Waals surface area (Å²) in [4.78, 5) is 10.5. The normalized spacial score (nSPS) is 16.9. The van der Waals surface area contributed by atoms with E-state index in [1.165, 1.54) is 20.1 Å². The summed E-state index contributed by atoms with van der Waals surface area (Å²) in [5.41, 5.74) is -2.72. The minimum absolute atomic E-state index is 0.268. The molecular weight excluding hydrogens is 461 g/mol. The molecule has 0 heterocycles. The number of benzene rings is 1. The Balaban J connectivity index is 3.75. The lowest BCUT2D eigenvalue weighted by Crippen LogP contribution is -2.56. The number of methoxy groups -OCH3 is 1. The van der Waals surface area contributed by atoms with Crippen molar-refractivity contribution < 1.29 is 27.0 Å². The molecule has 0 aliphatic rings. The summed E-state index contributed by atoms with van der Waals surface area (Å²) in [6, 6.07) is 4.45. The molecule has 9 nitrogen and oxygen atoms in total.